The Morgan fingerprint density at radius 2 is 1.78 bits per heavy atom. The van der Waals surface area contributed by atoms with Gasteiger partial charge in [-0.3, -0.25) is 23.9 Å². The molecule has 2 saturated heterocycles. The molecule has 1 unspecified atom stereocenters. The molecule has 18 heteroatoms. The summed E-state index contributed by atoms with van der Waals surface area (Å²) in [7, 11) is 1.58. The molecule has 3 fully saturated rings. The van der Waals surface area contributed by atoms with Crippen LogP contribution < -0.4 is 16.5 Å². The van der Waals surface area contributed by atoms with Crippen LogP contribution in [-0.2, 0) is 32.8 Å². The zero-order chi connectivity index (χ0) is 44.9. The lowest BCUT2D eigenvalue weighted by Gasteiger charge is -2.35. The molecule has 3 aromatic carbocycles. The number of aryl methyl sites for hydroxylation is 1. The topological polar surface area (TPSA) is 157 Å². The highest BCUT2D eigenvalue weighted by Crippen LogP contribution is 2.55. The molecule has 336 valence electrons. The number of methoxy groups -OCH3 is 1. The Morgan fingerprint density at radius 1 is 1.00 bits per heavy atom. The smallest absolute Gasteiger partial charge is 0.383 e. The third-order valence-electron chi connectivity index (χ3n) is 14.1. The van der Waals surface area contributed by atoms with Gasteiger partial charge in [-0.1, -0.05) is 13.0 Å². The van der Waals surface area contributed by atoms with Crippen molar-refractivity contribution >= 4 is 33.8 Å². The number of carbonyl (C=O) groups excluding carboxylic acids is 2. The van der Waals surface area contributed by atoms with Crippen molar-refractivity contribution in [2.24, 2.45) is 5.92 Å². The number of rotatable bonds is 10. The van der Waals surface area contributed by atoms with E-state index < -0.39 is 41.2 Å². The zero-order valence-electron chi connectivity index (χ0n) is 36.4. The minimum absolute atomic E-state index is 0.0318. The third-order valence-corrected chi connectivity index (χ3v) is 14.1. The Hall–Kier alpha value is -6.63. The van der Waals surface area contributed by atoms with Crippen molar-refractivity contribution in [3.8, 4) is 17.2 Å². The Morgan fingerprint density at radius 3 is 2.52 bits per heavy atom. The van der Waals surface area contributed by atoms with Gasteiger partial charge in [-0.25, -0.2) is 23.1 Å². The van der Waals surface area contributed by atoms with Gasteiger partial charge in [0.25, 0.3) is 5.91 Å². The van der Waals surface area contributed by atoms with E-state index in [0.717, 1.165) is 23.7 Å². The van der Waals surface area contributed by atoms with Gasteiger partial charge in [0.15, 0.2) is 5.82 Å². The second-order valence-corrected chi connectivity index (χ2v) is 17.7. The Balaban J connectivity index is 1.03. The van der Waals surface area contributed by atoms with E-state index in [1.165, 1.54) is 33.2 Å². The minimum atomic E-state index is -0.711. The van der Waals surface area contributed by atoms with Crippen LogP contribution in [-0.4, -0.2) is 89.8 Å². The molecule has 2 amide bonds. The molecule has 4 aromatic heterocycles. The van der Waals surface area contributed by atoms with Gasteiger partial charge in [-0.2, -0.15) is 10.2 Å². The number of aromatic nitrogens is 7. The number of hydroxylamine groups is 1. The number of hydrogen-bond donors (Lipinski definition) is 2. The number of nitrogens with zero attached hydrogens (tertiary/aromatic N) is 8. The average molecular weight is 887 g/mol. The normalized spacial score (nSPS) is 22.2. The van der Waals surface area contributed by atoms with Gasteiger partial charge in [0.05, 0.1) is 58.9 Å². The fourth-order valence-corrected chi connectivity index (χ4v) is 10.5. The Bertz CT molecular complexity index is 3120. The lowest BCUT2D eigenvalue weighted by molar-refractivity contribution is 0.0653. The fraction of sp³-hybridized carbons (Fsp3) is 0.383. The van der Waals surface area contributed by atoms with E-state index in [4.69, 9.17) is 19.4 Å². The van der Waals surface area contributed by atoms with Gasteiger partial charge in [0.2, 0.25) is 0 Å². The fourth-order valence-electron chi connectivity index (χ4n) is 10.5. The maximum atomic E-state index is 16.4. The largest absolute Gasteiger partial charge is 0.427 e. The third kappa shape index (κ3) is 6.43. The van der Waals surface area contributed by atoms with E-state index in [-0.39, 0.29) is 22.9 Å². The van der Waals surface area contributed by atoms with Crippen LogP contribution in [0.4, 0.5) is 13.6 Å². The van der Waals surface area contributed by atoms with Crippen LogP contribution in [0.25, 0.3) is 39.0 Å². The number of hydrogen-bond acceptors (Lipinski definition) is 9. The van der Waals surface area contributed by atoms with Gasteiger partial charge in [-0.15, -0.1) is 5.48 Å². The molecule has 11 rings (SSSR count). The number of fused-ring (bicyclic) bond motifs is 3. The highest BCUT2D eigenvalue weighted by Gasteiger charge is 2.62. The van der Waals surface area contributed by atoms with Crippen molar-refractivity contribution in [2.75, 3.05) is 33.5 Å². The van der Waals surface area contributed by atoms with E-state index in [9.17, 15) is 14.0 Å². The van der Waals surface area contributed by atoms with Crippen molar-refractivity contribution in [2.45, 2.75) is 76.7 Å². The summed E-state index contributed by atoms with van der Waals surface area (Å²) in [6.45, 7) is 8.18. The summed E-state index contributed by atoms with van der Waals surface area (Å²) in [5, 5.41) is 13.5. The van der Waals surface area contributed by atoms with Crippen LogP contribution in [0.3, 0.4) is 0 Å². The first kappa shape index (κ1) is 41.1. The quantitative estimate of drug-likeness (QED) is 0.161. The second kappa shape index (κ2) is 15.5. The molecular formula is C47H48F2N10O6. The van der Waals surface area contributed by atoms with Gasteiger partial charge >= 0.3 is 11.8 Å². The molecule has 7 heterocycles. The first-order valence-electron chi connectivity index (χ1n) is 22.1. The van der Waals surface area contributed by atoms with Crippen LogP contribution in [0.15, 0.2) is 78.0 Å². The van der Waals surface area contributed by atoms with E-state index in [1.807, 2.05) is 13.0 Å². The highest BCUT2D eigenvalue weighted by atomic mass is 19.1. The lowest BCUT2D eigenvalue weighted by atomic mass is 9.91. The summed E-state index contributed by atoms with van der Waals surface area (Å²) in [5.41, 5.74) is 6.88. The van der Waals surface area contributed by atoms with Crippen molar-refractivity contribution in [3.05, 3.63) is 123 Å². The highest BCUT2D eigenvalue weighted by molar-refractivity contribution is 6.00. The monoisotopic (exact) mass is 886 g/mol. The van der Waals surface area contributed by atoms with Crippen LogP contribution in [0.1, 0.15) is 77.9 Å². The molecule has 4 atom stereocenters. The summed E-state index contributed by atoms with van der Waals surface area (Å²) in [4.78, 5) is 49.6. The van der Waals surface area contributed by atoms with E-state index in [0.29, 0.717) is 91.2 Å². The SMILES string of the molecule is COCCn1ncc2c(F)c(-n3ccn(-c4c5c(nn4-c4ccc(F)c(C)c4)CCN(C(=O)c4cc6cc(C7CCOCC7)ccc6n4[C@@]4(C6NOC(=O)N6)C[C@@H]4C)[C@H]5C)c3=O)ccc21. The van der Waals surface area contributed by atoms with Crippen molar-refractivity contribution in [1.29, 1.82) is 0 Å². The first-order valence-corrected chi connectivity index (χ1v) is 22.1. The average Bonchev–Trinajstić information content (AvgIpc) is 3.96. The minimum Gasteiger partial charge on any atom is -0.383 e. The summed E-state index contributed by atoms with van der Waals surface area (Å²) in [6.07, 6.45) is 6.17. The van der Waals surface area contributed by atoms with Gasteiger partial charge in [0.1, 0.15) is 23.5 Å². The number of halogens is 2. The molecule has 2 N–H and O–H groups in total. The predicted octanol–water partition coefficient (Wildman–Crippen LogP) is 6.31. The standard InChI is InChI=1S/C47H48F2N10O6/c1-26-21-32(6-7-34(26)48)59-42(56-16-15-55(46(56)62)38-10-9-37-33(41(38)49)25-50-57(37)17-20-63-4)40-28(3)54(14-11-35(40)52-59)43(60)39-23-31-22-30(29-12-18-64-19-13-29)5-8-36(31)58(39)47(24-27(47)2)44-51-45(61)65-53-44/h5-10,15-16,21-23,25,27-29,44,53H,11-14,17-20,24H2,1-4H3,(H,51,61)/t27-,28-,44?,47-/m0/s1. The molecule has 0 bridgehead atoms. The van der Waals surface area contributed by atoms with Gasteiger partial charge in [0, 0.05) is 62.1 Å². The number of amides is 2. The predicted molar refractivity (Wildman–Crippen MR) is 234 cm³/mol. The summed E-state index contributed by atoms with van der Waals surface area (Å²) in [6, 6.07) is 15.6. The Labute approximate surface area is 371 Å². The molecule has 1 aliphatic carbocycles. The summed E-state index contributed by atoms with van der Waals surface area (Å²) in [5.74, 6) is -0.499. The summed E-state index contributed by atoms with van der Waals surface area (Å²) < 4.78 is 49.9. The van der Waals surface area contributed by atoms with E-state index in [2.05, 4.69) is 45.6 Å². The van der Waals surface area contributed by atoms with Crippen LogP contribution in [0.5, 0.6) is 0 Å². The maximum Gasteiger partial charge on any atom is 0.427 e. The molecule has 0 radical (unpaired) electrons. The Kier molecular flexibility index (Phi) is 9.81. The van der Waals surface area contributed by atoms with Crippen molar-refractivity contribution < 1.29 is 32.7 Å². The molecule has 0 spiro atoms. The van der Waals surface area contributed by atoms with Crippen LogP contribution >= 0.6 is 0 Å². The number of ether oxygens (including phenoxy) is 2. The number of nitrogens with one attached hydrogen (secondary N) is 2. The first-order chi connectivity index (χ1) is 31.5. The van der Waals surface area contributed by atoms with Crippen LogP contribution in [0, 0.1) is 24.5 Å². The number of carbonyl (C=O) groups is 2. The van der Waals surface area contributed by atoms with Gasteiger partial charge in [-0.05, 0) is 105 Å². The van der Waals surface area contributed by atoms with Gasteiger partial charge < -0.3 is 23.8 Å². The molecule has 3 aliphatic heterocycles. The maximum absolute atomic E-state index is 16.4. The van der Waals surface area contributed by atoms with Crippen molar-refractivity contribution in [1.82, 2.24) is 49.0 Å². The molecule has 1 saturated carbocycles. The zero-order valence-corrected chi connectivity index (χ0v) is 36.4. The van der Waals surface area contributed by atoms with Crippen LogP contribution in [0.2, 0.25) is 0 Å². The summed E-state index contributed by atoms with van der Waals surface area (Å²) >= 11 is 0. The van der Waals surface area contributed by atoms with Crippen molar-refractivity contribution in [3.63, 3.8) is 0 Å². The molecule has 4 aliphatic rings. The molecule has 65 heavy (non-hydrogen) atoms. The lowest BCUT2D eigenvalue weighted by Crippen LogP contribution is -2.49. The van der Waals surface area contributed by atoms with E-state index in [1.54, 1.807) is 58.8 Å². The molecule has 16 nitrogen and oxygen atoms in total. The van der Waals surface area contributed by atoms with E-state index >= 15 is 9.18 Å². The molecular weight excluding hydrogens is 839 g/mol. The number of imidazole rings is 1. The second-order valence-electron chi connectivity index (χ2n) is 17.7. The number of benzene rings is 3. The molecule has 7 aromatic rings.